The number of hydrogen-bond acceptors (Lipinski definition) is 6. The quantitative estimate of drug-likeness (QED) is 0.404. The Morgan fingerprint density at radius 2 is 1.74 bits per heavy atom. The molecule has 2 amide bonds. The maximum Gasteiger partial charge on any atom is 0.227 e. The summed E-state index contributed by atoms with van der Waals surface area (Å²) in [5.74, 6) is -0.536. The maximum absolute atomic E-state index is 11.1. The first-order valence-corrected chi connectivity index (χ1v) is 9.25. The monoisotopic (exact) mass is 351 g/mol. The number of amides is 2. The molecule has 7 nitrogen and oxygen atoms in total. The fourth-order valence-corrected chi connectivity index (χ4v) is 4.12. The molecule has 2 aromatic rings. The van der Waals surface area contributed by atoms with Gasteiger partial charge in [-0.3, -0.25) is 9.59 Å². The molecule has 0 aliphatic heterocycles. The number of carbonyl (C=O) groups is 2. The summed E-state index contributed by atoms with van der Waals surface area (Å²) in [4.78, 5) is 34.5. The number of carbonyl (C=O) groups excluding carboxylic acids is 2. The van der Waals surface area contributed by atoms with Crippen LogP contribution >= 0.6 is 23.5 Å². The number of H-pyrrole nitrogens is 1. The van der Waals surface area contributed by atoms with Crippen LogP contribution in [0.2, 0.25) is 0 Å². The van der Waals surface area contributed by atoms with Gasteiger partial charge in [-0.05, 0) is 31.2 Å². The van der Waals surface area contributed by atoms with Crippen LogP contribution < -0.4 is 11.5 Å². The van der Waals surface area contributed by atoms with Crippen LogP contribution in [0, 0.1) is 0 Å². The van der Waals surface area contributed by atoms with Crippen molar-refractivity contribution in [2.45, 2.75) is 35.9 Å². The van der Waals surface area contributed by atoms with Crippen LogP contribution in [0.4, 0.5) is 0 Å². The summed E-state index contributed by atoms with van der Waals surface area (Å²) in [6.45, 7) is 0. The minimum atomic E-state index is -0.421. The Morgan fingerprint density at radius 1 is 1.04 bits per heavy atom. The zero-order valence-electron chi connectivity index (χ0n) is 12.4. The van der Waals surface area contributed by atoms with Gasteiger partial charge in [0.15, 0.2) is 5.16 Å². The molecule has 0 saturated heterocycles. The van der Waals surface area contributed by atoms with Crippen LogP contribution in [0.5, 0.6) is 0 Å². The molecule has 23 heavy (non-hydrogen) atoms. The van der Waals surface area contributed by atoms with Crippen LogP contribution in [0.3, 0.4) is 0 Å². The zero-order chi connectivity index (χ0) is 16.4. The van der Waals surface area contributed by atoms with Gasteiger partial charge in [-0.15, -0.1) is 0 Å². The van der Waals surface area contributed by atoms with Crippen molar-refractivity contribution in [3.63, 3.8) is 0 Å². The van der Waals surface area contributed by atoms with Gasteiger partial charge in [-0.2, -0.15) is 0 Å². The van der Waals surface area contributed by atoms with Gasteiger partial charge in [-0.1, -0.05) is 23.5 Å². The van der Waals surface area contributed by atoms with E-state index in [0.717, 1.165) is 41.7 Å². The van der Waals surface area contributed by atoms with Gasteiger partial charge in [0, 0.05) is 5.69 Å². The molecule has 0 aromatic carbocycles. The minimum absolute atomic E-state index is 0.117. The Bertz CT molecular complexity index is 774. The van der Waals surface area contributed by atoms with Gasteiger partial charge < -0.3 is 16.5 Å². The van der Waals surface area contributed by atoms with E-state index in [1.165, 1.54) is 34.8 Å². The summed E-state index contributed by atoms with van der Waals surface area (Å²) in [5, 5.41) is 2.19. The fraction of sp³-hybridized carbons (Fsp3) is 0.429. The van der Waals surface area contributed by atoms with E-state index in [2.05, 4.69) is 15.0 Å². The maximum atomic E-state index is 11.1. The van der Waals surface area contributed by atoms with Crippen molar-refractivity contribution in [1.29, 1.82) is 0 Å². The summed E-state index contributed by atoms with van der Waals surface area (Å²) >= 11 is 2.50. The highest BCUT2D eigenvalue weighted by atomic mass is 32.2. The summed E-state index contributed by atoms with van der Waals surface area (Å²) in [5.41, 5.74) is 13.6. The van der Waals surface area contributed by atoms with E-state index in [1.54, 1.807) is 0 Å². The highest BCUT2D eigenvalue weighted by Crippen LogP contribution is 2.35. The molecule has 2 heterocycles. The first-order chi connectivity index (χ1) is 11.0. The molecule has 0 unspecified atom stereocenters. The number of hydrogen-bond donors (Lipinski definition) is 3. The molecule has 122 valence electrons. The molecule has 1 aliphatic carbocycles. The molecule has 3 rings (SSSR count). The van der Waals surface area contributed by atoms with E-state index in [4.69, 9.17) is 11.5 Å². The smallest absolute Gasteiger partial charge is 0.227 e. The molecule has 0 fully saturated rings. The van der Waals surface area contributed by atoms with Crippen molar-refractivity contribution < 1.29 is 9.59 Å². The Balaban J connectivity index is 2.03. The van der Waals surface area contributed by atoms with Crippen LogP contribution in [0.1, 0.15) is 24.1 Å². The molecule has 2 aromatic heterocycles. The lowest BCUT2D eigenvalue weighted by Gasteiger charge is -2.11. The zero-order valence-corrected chi connectivity index (χ0v) is 14.1. The van der Waals surface area contributed by atoms with Gasteiger partial charge in [-0.25, -0.2) is 9.97 Å². The normalized spacial score (nSPS) is 13.9. The van der Waals surface area contributed by atoms with E-state index in [9.17, 15) is 9.59 Å². The van der Waals surface area contributed by atoms with Crippen molar-refractivity contribution in [1.82, 2.24) is 15.0 Å². The predicted octanol–water partition coefficient (Wildman–Crippen LogP) is 0.992. The summed E-state index contributed by atoms with van der Waals surface area (Å²) in [7, 11) is 0. The first kappa shape index (κ1) is 16.1. The molecule has 0 spiro atoms. The van der Waals surface area contributed by atoms with Crippen molar-refractivity contribution in [3.8, 4) is 0 Å². The van der Waals surface area contributed by atoms with Gasteiger partial charge in [0.2, 0.25) is 11.8 Å². The molecule has 0 atom stereocenters. The number of thioether (sulfide) groups is 2. The van der Waals surface area contributed by atoms with E-state index < -0.39 is 11.8 Å². The molecule has 5 N–H and O–H groups in total. The van der Waals surface area contributed by atoms with Crippen LogP contribution in [-0.4, -0.2) is 38.3 Å². The third-order valence-corrected chi connectivity index (χ3v) is 5.46. The number of aromatic amines is 1. The second kappa shape index (κ2) is 6.79. The standard InChI is InChI=1S/C14H17N5O2S2/c15-9(20)5-22-13-11-7-3-1-2-4-8(7)17-12(11)18-14(19-13)23-6-10(16)21/h1-6H2,(H2,15,20)(H2,16,21)(H,17,18,19). The first-order valence-electron chi connectivity index (χ1n) is 7.28. The second-order valence-corrected chi connectivity index (χ2v) is 7.24. The van der Waals surface area contributed by atoms with Gasteiger partial charge in [0.25, 0.3) is 0 Å². The molecular formula is C14H17N5O2S2. The number of fused-ring (bicyclic) bond motifs is 3. The lowest BCUT2D eigenvalue weighted by molar-refractivity contribution is -0.116. The Morgan fingerprint density at radius 3 is 2.48 bits per heavy atom. The molecule has 1 aliphatic rings. The molecule has 9 heteroatoms. The van der Waals surface area contributed by atoms with E-state index in [1.807, 2.05) is 0 Å². The van der Waals surface area contributed by atoms with Gasteiger partial charge in [0.1, 0.15) is 10.7 Å². The van der Waals surface area contributed by atoms with E-state index in [-0.39, 0.29) is 11.5 Å². The van der Waals surface area contributed by atoms with Crippen molar-refractivity contribution in [2.24, 2.45) is 11.5 Å². The van der Waals surface area contributed by atoms with Crippen LogP contribution in [0.25, 0.3) is 11.0 Å². The largest absolute Gasteiger partial charge is 0.369 e. The number of nitrogens with zero attached hydrogens (tertiary/aromatic N) is 2. The number of nitrogens with two attached hydrogens (primary N) is 2. The Labute approximate surface area is 141 Å². The van der Waals surface area contributed by atoms with Crippen molar-refractivity contribution in [2.75, 3.05) is 11.5 Å². The number of aryl methyl sites for hydroxylation is 2. The summed E-state index contributed by atoms with van der Waals surface area (Å²) in [6.07, 6.45) is 4.27. The number of aromatic nitrogens is 3. The van der Waals surface area contributed by atoms with Gasteiger partial charge in [0.05, 0.1) is 16.9 Å². The lowest BCUT2D eigenvalue weighted by atomic mass is 9.96. The highest BCUT2D eigenvalue weighted by molar-refractivity contribution is 8.00. The third-order valence-electron chi connectivity index (χ3n) is 3.59. The number of primary amides is 2. The molecule has 0 bridgehead atoms. The summed E-state index contributed by atoms with van der Waals surface area (Å²) < 4.78 is 0. The fourth-order valence-electron chi connectivity index (χ4n) is 2.69. The average molecular weight is 351 g/mol. The third kappa shape index (κ3) is 3.61. The highest BCUT2D eigenvalue weighted by Gasteiger charge is 2.21. The van der Waals surface area contributed by atoms with E-state index >= 15 is 0 Å². The van der Waals surface area contributed by atoms with Crippen LogP contribution in [0.15, 0.2) is 10.2 Å². The number of rotatable bonds is 6. The lowest BCUT2D eigenvalue weighted by Crippen LogP contribution is -2.14. The minimum Gasteiger partial charge on any atom is -0.369 e. The topological polar surface area (TPSA) is 128 Å². The molecule has 0 radical (unpaired) electrons. The van der Waals surface area contributed by atoms with Crippen molar-refractivity contribution >= 4 is 46.4 Å². The molecule has 0 saturated carbocycles. The SMILES string of the molecule is NC(=O)CSc1nc(SCC(N)=O)c2c3c([nH]c2n1)CCCC3. The van der Waals surface area contributed by atoms with Gasteiger partial charge >= 0.3 is 0 Å². The number of nitrogens with one attached hydrogen (secondary N) is 1. The Kier molecular flexibility index (Phi) is 4.76. The Hall–Kier alpha value is -1.74. The van der Waals surface area contributed by atoms with Crippen LogP contribution in [-0.2, 0) is 22.4 Å². The predicted molar refractivity (Wildman–Crippen MR) is 90.4 cm³/mol. The van der Waals surface area contributed by atoms with E-state index in [0.29, 0.717) is 5.16 Å². The van der Waals surface area contributed by atoms with Crippen molar-refractivity contribution in [3.05, 3.63) is 11.3 Å². The second-order valence-electron chi connectivity index (χ2n) is 5.33. The average Bonchev–Trinajstić information content (AvgIpc) is 2.89. The molecular weight excluding hydrogens is 334 g/mol. The summed E-state index contributed by atoms with van der Waals surface area (Å²) in [6, 6.07) is 0.